The van der Waals surface area contributed by atoms with E-state index < -0.39 is 22.4 Å². The van der Waals surface area contributed by atoms with Gasteiger partial charge in [0.1, 0.15) is 11.5 Å². The van der Waals surface area contributed by atoms with Gasteiger partial charge in [0, 0.05) is 6.42 Å². The van der Waals surface area contributed by atoms with E-state index in [-0.39, 0.29) is 11.1 Å². The van der Waals surface area contributed by atoms with Crippen molar-refractivity contribution in [3.05, 3.63) is 23.3 Å². The van der Waals surface area contributed by atoms with Crippen molar-refractivity contribution in [2.75, 3.05) is 27.4 Å². The first kappa shape index (κ1) is 33.3. The van der Waals surface area contributed by atoms with E-state index in [0.717, 1.165) is 22.6 Å². The molecule has 1 aromatic rings. The molecule has 1 heterocycles. The molecule has 6 nitrogen and oxygen atoms in total. The third kappa shape index (κ3) is 7.23. The highest BCUT2D eigenvalue weighted by Gasteiger charge is 2.49. The number of hydrogen-bond donors (Lipinski definition) is 0. The fraction of sp³-hybridized carbons (Fsp3) is 0.800. The normalized spacial score (nSPS) is 17.5. The zero-order chi connectivity index (χ0) is 29.1. The molecular weight excluding hydrogens is 512 g/mol. The van der Waals surface area contributed by atoms with Crippen LogP contribution in [0.5, 0.6) is 11.5 Å². The van der Waals surface area contributed by atoms with Gasteiger partial charge in [-0.25, -0.2) is 0 Å². The fourth-order valence-electron chi connectivity index (χ4n) is 5.74. The van der Waals surface area contributed by atoms with Gasteiger partial charge in [0.15, 0.2) is 14.1 Å². The quantitative estimate of drug-likeness (QED) is 0.222. The molecule has 0 radical (unpaired) electrons. The first-order chi connectivity index (χ1) is 17.4. The average Bonchev–Trinajstić information content (AvgIpc) is 3.24. The van der Waals surface area contributed by atoms with Crippen LogP contribution < -0.4 is 9.47 Å². The van der Waals surface area contributed by atoms with Crippen molar-refractivity contribution in [2.45, 2.75) is 129 Å². The maximum atomic E-state index is 7.41. The van der Waals surface area contributed by atoms with Crippen molar-refractivity contribution in [2.24, 2.45) is 0 Å². The van der Waals surface area contributed by atoms with Crippen molar-refractivity contribution < 1.29 is 27.8 Å². The van der Waals surface area contributed by atoms with E-state index in [2.05, 4.69) is 87.5 Å². The molecule has 1 aromatic carbocycles. The number of ether oxygens (including phenoxy) is 4. The molecule has 0 amide bonds. The summed E-state index contributed by atoms with van der Waals surface area (Å²) in [6, 6.07) is 4.17. The summed E-state index contributed by atoms with van der Waals surface area (Å²) in [7, 11) is -0.745. The van der Waals surface area contributed by atoms with Gasteiger partial charge in [-0.3, -0.25) is 0 Å². The minimum Gasteiger partial charge on any atom is -0.496 e. The van der Waals surface area contributed by atoms with Crippen LogP contribution in [0, 0.1) is 0 Å². The topological polar surface area (TPSA) is 55.4 Å². The molecule has 38 heavy (non-hydrogen) atoms. The summed E-state index contributed by atoms with van der Waals surface area (Å²) in [6.07, 6.45) is 0.248. The summed E-state index contributed by atoms with van der Waals surface area (Å²) in [5, 5.41) is 0.134. The van der Waals surface area contributed by atoms with Crippen LogP contribution in [0.15, 0.2) is 12.1 Å². The highest BCUT2D eigenvalue weighted by atomic mass is 28.4. The van der Waals surface area contributed by atoms with Crippen molar-refractivity contribution >= 4 is 16.6 Å². The third-order valence-corrected chi connectivity index (χ3v) is 19.4. The highest BCUT2D eigenvalue weighted by molar-refractivity contribution is 6.77. The van der Waals surface area contributed by atoms with E-state index in [9.17, 15) is 0 Å². The van der Waals surface area contributed by atoms with Gasteiger partial charge in [-0.15, -0.1) is 0 Å². The first-order valence-electron chi connectivity index (χ1n) is 14.3. The molecule has 1 atom stereocenters. The summed E-state index contributed by atoms with van der Waals surface area (Å²) < 4.78 is 38.2. The van der Waals surface area contributed by atoms with Gasteiger partial charge in [-0.05, 0) is 59.4 Å². The zero-order valence-electron chi connectivity index (χ0n) is 26.7. The molecule has 220 valence electrons. The van der Waals surface area contributed by atoms with Gasteiger partial charge in [0.05, 0.1) is 45.7 Å². The van der Waals surface area contributed by atoms with Crippen LogP contribution in [0.2, 0.25) is 34.8 Å². The average molecular weight is 569 g/mol. The Balaban J connectivity index is 2.62. The number of rotatable bonds is 13. The second kappa shape index (κ2) is 12.7. The fourth-order valence-corrected chi connectivity index (χ4v) is 12.2. The lowest BCUT2D eigenvalue weighted by Crippen LogP contribution is -2.49. The van der Waals surface area contributed by atoms with E-state index in [1.165, 1.54) is 0 Å². The van der Waals surface area contributed by atoms with Crippen LogP contribution in [-0.2, 0) is 24.9 Å². The number of benzene rings is 1. The zero-order valence-corrected chi connectivity index (χ0v) is 28.7. The SMILES string of the molecule is COc1cc(CO[Si](C)(C)C(C)(C)C)cc(OC)c1C(CC1(C)OCCO1)O[Si](C(C)C)(C(C)C)C(C)C. The lowest BCUT2D eigenvalue weighted by Gasteiger charge is -2.46. The van der Waals surface area contributed by atoms with Crippen molar-refractivity contribution in [1.82, 2.24) is 0 Å². The predicted molar refractivity (Wildman–Crippen MR) is 161 cm³/mol. The Kier molecular flexibility index (Phi) is 11.2. The van der Waals surface area contributed by atoms with E-state index >= 15 is 0 Å². The molecule has 0 N–H and O–H groups in total. The molecule has 0 aromatic heterocycles. The summed E-state index contributed by atoms with van der Waals surface area (Å²) >= 11 is 0. The molecule has 0 saturated carbocycles. The van der Waals surface area contributed by atoms with Gasteiger partial charge in [0.2, 0.25) is 8.32 Å². The van der Waals surface area contributed by atoms with Crippen LogP contribution in [0.4, 0.5) is 0 Å². The van der Waals surface area contributed by atoms with E-state index in [1.54, 1.807) is 14.2 Å². The molecule has 0 spiro atoms. The minimum atomic E-state index is -2.27. The van der Waals surface area contributed by atoms with Crippen LogP contribution in [0.25, 0.3) is 0 Å². The third-order valence-electron chi connectivity index (χ3n) is 8.84. The molecule has 0 bridgehead atoms. The Bertz CT molecular complexity index is 854. The van der Waals surface area contributed by atoms with E-state index in [0.29, 0.717) is 42.9 Å². The Labute approximate surface area is 235 Å². The maximum absolute atomic E-state index is 7.41. The Morgan fingerprint density at radius 1 is 0.868 bits per heavy atom. The van der Waals surface area contributed by atoms with Crippen molar-refractivity contribution in [3.63, 3.8) is 0 Å². The number of hydrogen-bond acceptors (Lipinski definition) is 6. The van der Waals surface area contributed by atoms with Gasteiger partial charge >= 0.3 is 0 Å². The smallest absolute Gasteiger partial charge is 0.201 e. The summed E-state index contributed by atoms with van der Waals surface area (Å²) in [6.45, 7) is 28.9. The predicted octanol–water partition coefficient (Wildman–Crippen LogP) is 8.61. The van der Waals surface area contributed by atoms with E-state index in [1.807, 2.05) is 6.92 Å². The summed E-state index contributed by atoms with van der Waals surface area (Å²) in [5.41, 5.74) is 3.24. The van der Waals surface area contributed by atoms with E-state index in [4.69, 9.17) is 27.8 Å². The Hall–Kier alpha value is -0.906. The van der Waals surface area contributed by atoms with Crippen molar-refractivity contribution in [3.8, 4) is 11.5 Å². The standard InChI is InChI=1S/C30H56O6Si2/c1-21(2)38(22(3)4,23(5)6)36-27(19-30(10)33-15-16-34-30)28-25(31-11)17-24(18-26(28)32-12)20-35-37(13,14)29(7,8)9/h17-18,21-23,27H,15-16,19-20H2,1-14H3. The molecule has 1 saturated heterocycles. The summed E-state index contributed by atoms with van der Waals surface area (Å²) in [4.78, 5) is 0. The molecule has 1 aliphatic rings. The lowest BCUT2D eigenvalue weighted by atomic mass is 9.98. The molecular formula is C30H56O6Si2. The number of methoxy groups -OCH3 is 2. The van der Waals surface area contributed by atoms with Crippen LogP contribution in [0.3, 0.4) is 0 Å². The largest absolute Gasteiger partial charge is 0.496 e. The molecule has 1 aliphatic heterocycles. The molecule has 0 aliphatic carbocycles. The monoisotopic (exact) mass is 568 g/mol. The molecule has 2 rings (SSSR count). The molecule has 1 fully saturated rings. The lowest BCUT2D eigenvalue weighted by molar-refractivity contribution is -0.162. The minimum absolute atomic E-state index is 0.134. The second-order valence-electron chi connectivity index (χ2n) is 13.4. The molecule has 1 unspecified atom stereocenters. The Morgan fingerprint density at radius 3 is 1.68 bits per heavy atom. The Morgan fingerprint density at radius 2 is 1.32 bits per heavy atom. The summed E-state index contributed by atoms with van der Waals surface area (Å²) in [5.74, 6) is 0.781. The van der Waals surface area contributed by atoms with Crippen LogP contribution in [0.1, 0.15) is 92.9 Å². The second-order valence-corrected chi connectivity index (χ2v) is 23.6. The van der Waals surface area contributed by atoms with Crippen LogP contribution >= 0.6 is 0 Å². The highest BCUT2D eigenvalue weighted by Crippen LogP contribution is 2.50. The van der Waals surface area contributed by atoms with Crippen molar-refractivity contribution in [1.29, 1.82) is 0 Å². The van der Waals surface area contributed by atoms with Gasteiger partial charge in [-0.1, -0.05) is 62.3 Å². The van der Waals surface area contributed by atoms with Gasteiger partial charge in [0.25, 0.3) is 0 Å². The maximum Gasteiger partial charge on any atom is 0.201 e. The van der Waals surface area contributed by atoms with Gasteiger partial charge < -0.3 is 27.8 Å². The first-order valence-corrected chi connectivity index (χ1v) is 19.3. The van der Waals surface area contributed by atoms with Gasteiger partial charge in [-0.2, -0.15) is 0 Å². The van der Waals surface area contributed by atoms with Crippen LogP contribution in [-0.4, -0.2) is 49.9 Å². The molecule has 8 heteroatoms.